The van der Waals surface area contributed by atoms with Crippen molar-refractivity contribution in [2.75, 3.05) is 31.6 Å². The van der Waals surface area contributed by atoms with Crippen LogP contribution in [0.3, 0.4) is 0 Å². The lowest BCUT2D eigenvalue weighted by atomic mass is 10.3. The van der Waals surface area contributed by atoms with Gasteiger partial charge in [-0.15, -0.1) is 0 Å². The summed E-state index contributed by atoms with van der Waals surface area (Å²) in [4.78, 5) is 2.44. The maximum Gasteiger partial charge on any atom is 0.161 e. The molecule has 1 aromatic carbocycles. The van der Waals surface area contributed by atoms with Crippen molar-refractivity contribution < 1.29 is 9.47 Å². The van der Waals surface area contributed by atoms with Crippen LogP contribution in [0.25, 0.3) is 0 Å². The summed E-state index contributed by atoms with van der Waals surface area (Å²) in [5, 5.41) is 1.05. The zero-order valence-electron chi connectivity index (χ0n) is 12.8. The summed E-state index contributed by atoms with van der Waals surface area (Å²) in [5.41, 5.74) is 0. The van der Waals surface area contributed by atoms with Gasteiger partial charge in [-0.3, -0.25) is 4.90 Å². The number of benzene rings is 1. The SMILES string of the molecule is CCOc1ccccc1OCCN(CCCBr)C(C)C. The van der Waals surface area contributed by atoms with Gasteiger partial charge in [-0.05, 0) is 45.9 Å². The number of hydrogen-bond donors (Lipinski definition) is 0. The molecule has 3 nitrogen and oxygen atoms in total. The van der Waals surface area contributed by atoms with Gasteiger partial charge in [0.15, 0.2) is 11.5 Å². The molecule has 0 aromatic heterocycles. The molecule has 0 atom stereocenters. The molecular weight excluding hydrogens is 318 g/mol. The van der Waals surface area contributed by atoms with Crippen LogP contribution in [0, 0.1) is 0 Å². The number of halogens is 1. The molecule has 0 heterocycles. The predicted octanol–water partition coefficient (Wildman–Crippen LogP) is 3.96. The summed E-state index contributed by atoms with van der Waals surface area (Å²) >= 11 is 3.48. The fourth-order valence-corrected chi connectivity index (χ4v) is 2.26. The number of para-hydroxylation sites is 2. The molecule has 20 heavy (non-hydrogen) atoms. The molecule has 0 N–H and O–H groups in total. The van der Waals surface area contributed by atoms with Gasteiger partial charge in [0.1, 0.15) is 6.61 Å². The molecule has 1 aromatic rings. The van der Waals surface area contributed by atoms with Gasteiger partial charge in [0.05, 0.1) is 6.61 Å². The van der Waals surface area contributed by atoms with Crippen LogP contribution in [0.1, 0.15) is 27.2 Å². The molecule has 0 aliphatic rings. The Labute approximate surface area is 131 Å². The van der Waals surface area contributed by atoms with Gasteiger partial charge in [-0.2, -0.15) is 0 Å². The molecule has 0 saturated carbocycles. The molecule has 0 saturated heterocycles. The van der Waals surface area contributed by atoms with Gasteiger partial charge >= 0.3 is 0 Å². The van der Waals surface area contributed by atoms with Gasteiger partial charge in [-0.1, -0.05) is 28.1 Å². The van der Waals surface area contributed by atoms with Crippen molar-refractivity contribution in [3.63, 3.8) is 0 Å². The Hall–Kier alpha value is -0.740. The zero-order chi connectivity index (χ0) is 14.8. The monoisotopic (exact) mass is 343 g/mol. The maximum absolute atomic E-state index is 5.87. The Bertz CT molecular complexity index is 371. The summed E-state index contributed by atoms with van der Waals surface area (Å²) in [6, 6.07) is 8.39. The van der Waals surface area contributed by atoms with Gasteiger partial charge in [0.25, 0.3) is 0 Å². The van der Waals surface area contributed by atoms with Crippen LogP contribution >= 0.6 is 15.9 Å². The third kappa shape index (κ3) is 6.14. The minimum Gasteiger partial charge on any atom is -0.490 e. The lowest BCUT2D eigenvalue weighted by molar-refractivity contribution is 0.173. The summed E-state index contributed by atoms with van der Waals surface area (Å²) < 4.78 is 11.4. The van der Waals surface area contributed by atoms with Crippen LogP contribution in [0.2, 0.25) is 0 Å². The molecule has 0 aliphatic carbocycles. The van der Waals surface area contributed by atoms with Crippen LogP contribution in [0.4, 0.5) is 0 Å². The van der Waals surface area contributed by atoms with Crippen LogP contribution in [-0.2, 0) is 0 Å². The molecule has 0 bridgehead atoms. The number of alkyl halides is 1. The van der Waals surface area contributed by atoms with Crippen LogP contribution in [-0.4, -0.2) is 42.6 Å². The Kier molecular flexibility index (Phi) is 8.70. The first-order valence-corrected chi connectivity index (χ1v) is 8.45. The summed E-state index contributed by atoms with van der Waals surface area (Å²) in [5.74, 6) is 1.66. The second-order valence-electron chi connectivity index (χ2n) is 4.90. The average molecular weight is 344 g/mol. The van der Waals surface area contributed by atoms with E-state index in [0.717, 1.165) is 36.3 Å². The smallest absolute Gasteiger partial charge is 0.161 e. The first-order valence-electron chi connectivity index (χ1n) is 7.33. The average Bonchev–Trinajstić information content (AvgIpc) is 2.44. The summed E-state index contributed by atoms with van der Waals surface area (Å²) in [6.07, 6.45) is 1.16. The van der Waals surface area contributed by atoms with E-state index in [-0.39, 0.29) is 0 Å². The maximum atomic E-state index is 5.87. The molecule has 0 spiro atoms. The van der Waals surface area contributed by atoms with E-state index in [4.69, 9.17) is 9.47 Å². The van der Waals surface area contributed by atoms with E-state index in [1.165, 1.54) is 0 Å². The van der Waals surface area contributed by atoms with Gasteiger partial charge in [0.2, 0.25) is 0 Å². The van der Waals surface area contributed by atoms with E-state index in [0.29, 0.717) is 19.3 Å². The highest BCUT2D eigenvalue weighted by atomic mass is 79.9. The Morgan fingerprint density at radius 3 is 2.30 bits per heavy atom. The second-order valence-corrected chi connectivity index (χ2v) is 5.69. The molecule has 1 rings (SSSR count). The Morgan fingerprint density at radius 2 is 1.75 bits per heavy atom. The third-order valence-corrected chi connectivity index (χ3v) is 3.66. The summed E-state index contributed by atoms with van der Waals surface area (Å²) in [6.45, 7) is 9.81. The van der Waals surface area contributed by atoms with Crippen LogP contribution in [0.15, 0.2) is 24.3 Å². The van der Waals surface area contributed by atoms with Crippen molar-refractivity contribution in [2.45, 2.75) is 33.2 Å². The largest absolute Gasteiger partial charge is 0.490 e. The molecular formula is C16H26BrNO2. The van der Waals surface area contributed by atoms with Crippen molar-refractivity contribution in [3.8, 4) is 11.5 Å². The Morgan fingerprint density at radius 1 is 1.10 bits per heavy atom. The van der Waals surface area contributed by atoms with Crippen molar-refractivity contribution >= 4 is 15.9 Å². The number of ether oxygens (including phenoxy) is 2. The topological polar surface area (TPSA) is 21.7 Å². The zero-order valence-corrected chi connectivity index (χ0v) is 14.4. The molecule has 0 unspecified atom stereocenters. The second kappa shape index (κ2) is 10.1. The molecule has 4 heteroatoms. The van der Waals surface area contributed by atoms with Gasteiger partial charge < -0.3 is 9.47 Å². The van der Waals surface area contributed by atoms with Gasteiger partial charge in [0, 0.05) is 17.9 Å². The van der Waals surface area contributed by atoms with E-state index in [2.05, 4.69) is 34.7 Å². The molecule has 0 amide bonds. The van der Waals surface area contributed by atoms with E-state index >= 15 is 0 Å². The quantitative estimate of drug-likeness (QED) is 0.600. The molecule has 114 valence electrons. The third-order valence-electron chi connectivity index (χ3n) is 3.09. The fraction of sp³-hybridized carbons (Fsp3) is 0.625. The number of rotatable bonds is 10. The lowest BCUT2D eigenvalue weighted by Gasteiger charge is -2.26. The van der Waals surface area contributed by atoms with Crippen molar-refractivity contribution in [2.24, 2.45) is 0 Å². The Balaban J connectivity index is 2.45. The molecule has 0 radical (unpaired) electrons. The van der Waals surface area contributed by atoms with E-state index in [1.54, 1.807) is 0 Å². The van der Waals surface area contributed by atoms with Gasteiger partial charge in [-0.25, -0.2) is 0 Å². The van der Waals surface area contributed by atoms with E-state index in [9.17, 15) is 0 Å². The van der Waals surface area contributed by atoms with Crippen LogP contribution < -0.4 is 9.47 Å². The predicted molar refractivity (Wildman–Crippen MR) is 88.2 cm³/mol. The molecule has 0 aliphatic heterocycles. The minimum absolute atomic E-state index is 0.541. The summed E-state index contributed by atoms with van der Waals surface area (Å²) in [7, 11) is 0. The normalized spacial score (nSPS) is 11.1. The highest BCUT2D eigenvalue weighted by molar-refractivity contribution is 9.09. The first-order chi connectivity index (χ1) is 9.69. The minimum atomic E-state index is 0.541. The standard InChI is InChI=1S/C16H26BrNO2/c1-4-19-15-8-5-6-9-16(15)20-13-12-18(14(2)3)11-7-10-17/h5-6,8-9,14H,4,7,10-13H2,1-3H3. The van der Waals surface area contributed by atoms with E-state index < -0.39 is 0 Å². The van der Waals surface area contributed by atoms with Crippen molar-refractivity contribution in [1.29, 1.82) is 0 Å². The fourth-order valence-electron chi connectivity index (χ4n) is 2.01. The number of hydrogen-bond acceptors (Lipinski definition) is 3. The van der Waals surface area contributed by atoms with Crippen molar-refractivity contribution in [3.05, 3.63) is 24.3 Å². The number of nitrogens with zero attached hydrogens (tertiary/aromatic N) is 1. The molecule has 0 fully saturated rings. The lowest BCUT2D eigenvalue weighted by Crippen LogP contribution is -2.35. The first kappa shape index (κ1) is 17.3. The van der Waals surface area contributed by atoms with Crippen LogP contribution in [0.5, 0.6) is 11.5 Å². The highest BCUT2D eigenvalue weighted by Crippen LogP contribution is 2.26. The highest BCUT2D eigenvalue weighted by Gasteiger charge is 2.10. The van der Waals surface area contributed by atoms with Crippen molar-refractivity contribution in [1.82, 2.24) is 4.90 Å². The van der Waals surface area contributed by atoms with E-state index in [1.807, 2.05) is 31.2 Å².